The Morgan fingerprint density at radius 3 is 2.60 bits per heavy atom. The number of carbonyl (C=O) groups excluding carboxylic acids is 2. The molecule has 4 atom stereocenters. The minimum atomic E-state index is -1.30. The van der Waals surface area contributed by atoms with Crippen LogP contribution in [0.1, 0.15) is 40.0 Å². The topological polar surface area (TPSA) is 131 Å². The van der Waals surface area contributed by atoms with Gasteiger partial charge < -0.3 is 26.2 Å². The number of amides is 2. The van der Waals surface area contributed by atoms with Crippen LogP contribution >= 0.6 is 11.8 Å². The quantitative estimate of drug-likeness (QED) is 0.529. The lowest BCUT2D eigenvalue weighted by Gasteiger charge is -2.42. The number of hydrogen-bond acceptors (Lipinski definition) is 6. The number of rotatable bonds is 6. The van der Waals surface area contributed by atoms with Crippen LogP contribution in [0.2, 0.25) is 0 Å². The van der Waals surface area contributed by atoms with Crippen LogP contribution in [-0.4, -0.2) is 51.4 Å². The molecule has 1 saturated heterocycles. The summed E-state index contributed by atoms with van der Waals surface area (Å²) < 4.78 is 4.80. The fraction of sp³-hybridized carbons (Fsp3) is 0.688. The van der Waals surface area contributed by atoms with E-state index in [1.54, 1.807) is 0 Å². The average molecular weight is 371 g/mol. The summed E-state index contributed by atoms with van der Waals surface area (Å²) in [7, 11) is 0. The number of carboxylic acids is 1. The second-order valence-electron chi connectivity index (χ2n) is 6.28. The van der Waals surface area contributed by atoms with Crippen LogP contribution in [0.3, 0.4) is 0 Å². The first-order chi connectivity index (χ1) is 11.7. The van der Waals surface area contributed by atoms with Crippen LogP contribution in [0.25, 0.3) is 0 Å². The molecule has 9 heteroatoms. The molecule has 1 heterocycles. The minimum Gasteiger partial charge on any atom is -0.478 e. The Bertz CT molecular complexity index is 592. The summed E-state index contributed by atoms with van der Waals surface area (Å²) in [5.74, 6) is -1.84. The normalized spacial score (nSPS) is 31.8. The van der Waals surface area contributed by atoms with Crippen LogP contribution in [0, 0.1) is 0 Å². The van der Waals surface area contributed by atoms with Crippen molar-refractivity contribution in [1.82, 2.24) is 10.6 Å². The predicted molar refractivity (Wildman–Crippen MR) is 93.6 cm³/mol. The lowest BCUT2D eigenvalue weighted by molar-refractivity contribution is -0.134. The van der Waals surface area contributed by atoms with Crippen molar-refractivity contribution < 1.29 is 24.2 Å². The van der Waals surface area contributed by atoms with Crippen molar-refractivity contribution in [2.45, 2.75) is 68.5 Å². The lowest BCUT2D eigenvalue weighted by atomic mass is 9.81. The molecule has 0 aromatic heterocycles. The Hall–Kier alpha value is -1.58. The van der Waals surface area contributed by atoms with Gasteiger partial charge in [0.1, 0.15) is 10.2 Å². The summed E-state index contributed by atoms with van der Waals surface area (Å²) in [6.07, 6.45) is 2.30. The smallest absolute Gasteiger partial charge is 0.331 e. The first-order valence-electron chi connectivity index (χ1n) is 8.35. The molecule has 1 unspecified atom stereocenters. The number of ether oxygens (including phenoxy) is 1. The number of nitrogens with two attached hydrogens (primary N) is 1. The van der Waals surface area contributed by atoms with E-state index < -0.39 is 34.3 Å². The van der Waals surface area contributed by atoms with Crippen molar-refractivity contribution in [3.63, 3.8) is 0 Å². The maximum Gasteiger partial charge on any atom is 0.331 e. The second-order valence-corrected chi connectivity index (χ2v) is 7.69. The van der Waals surface area contributed by atoms with Gasteiger partial charge in [-0.15, -0.1) is 0 Å². The molecule has 0 bridgehead atoms. The van der Waals surface area contributed by atoms with Crippen molar-refractivity contribution in [3.05, 3.63) is 11.6 Å². The molecule has 5 N–H and O–H groups in total. The Kier molecular flexibility index (Phi) is 6.12. The monoisotopic (exact) mass is 371 g/mol. The van der Waals surface area contributed by atoms with Crippen molar-refractivity contribution in [1.29, 1.82) is 0 Å². The summed E-state index contributed by atoms with van der Waals surface area (Å²) in [6, 6.07) is -0.702. The van der Waals surface area contributed by atoms with Gasteiger partial charge in [-0.3, -0.25) is 9.59 Å². The lowest BCUT2D eigenvalue weighted by Crippen LogP contribution is -2.62. The molecule has 1 aliphatic heterocycles. The Labute approximate surface area is 150 Å². The highest BCUT2D eigenvalue weighted by atomic mass is 32.2. The van der Waals surface area contributed by atoms with E-state index in [0.29, 0.717) is 0 Å². The molecule has 2 rings (SSSR count). The maximum atomic E-state index is 12.6. The fourth-order valence-corrected chi connectivity index (χ4v) is 4.61. The first-order valence-corrected chi connectivity index (χ1v) is 9.23. The van der Waals surface area contributed by atoms with Crippen LogP contribution in [0.4, 0.5) is 0 Å². The van der Waals surface area contributed by atoms with E-state index in [-0.39, 0.29) is 24.0 Å². The van der Waals surface area contributed by atoms with Crippen LogP contribution in [0.5, 0.6) is 0 Å². The highest BCUT2D eigenvalue weighted by molar-refractivity contribution is 8.02. The molecule has 2 amide bonds. The second kappa shape index (κ2) is 7.76. The Morgan fingerprint density at radius 2 is 2.16 bits per heavy atom. The van der Waals surface area contributed by atoms with E-state index in [4.69, 9.17) is 10.5 Å². The summed E-state index contributed by atoms with van der Waals surface area (Å²) in [4.78, 5) is 36.0. The molecule has 140 valence electrons. The van der Waals surface area contributed by atoms with E-state index in [9.17, 15) is 19.5 Å². The number of hydrogen-bond donors (Lipinski definition) is 4. The van der Waals surface area contributed by atoms with E-state index in [1.165, 1.54) is 13.0 Å². The summed E-state index contributed by atoms with van der Waals surface area (Å²) in [6.45, 7) is 5.30. The average Bonchev–Trinajstić information content (AvgIpc) is 2.81. The van der Waals surface area contributed by atoms with Gasteiger partial charge in [-0.2, -0.15) is 0 Å². The zero-order chi connectivity index (χ0) is 18.8. The van der Waals surface area contributed by atoms with E-state index in [2.05, 4.69) is 10.6 Å². The van der Waals surface area contributed by atoms with Gasteiger partial charge in [0.2, 0.25) is 11.8 Å². The molecule has 0 radical (unpaired) electrons. The number of nitrogens with one attached hydrogen (secondary N) is 2. The third kappa shape index (κ3) is 3.99. The van der Waals surface area contributed by atoms with Crippen LogP contribution in [-0.2, 0) is 19.1 Å². The molecule has 0 aromatic carbocycles. The van der Waals surface area contributed by atoms with E-state index in [0.717, 1.165) is 24.6 Å². The predicted octanol–water partition coefficient (Wildman–Crippen LogP) is 0.324. The van der Waals surface area contributed by atoms with Gasteiger partial charge in [0.15, 0.2) is 0 Å². The van der Waals surface area contributed by atoms with Crippen molar-refractivity contribution >= 4 is 29.5 Å². The van der Waals surface area contributed by atoms with Gasteiger partial charge in [0.05, 0.1) is 18.2 Å². The molecule has 8 nitrogen and oxygen atoms in total. The largest absolute Gasteiger partial charge is 0.478 e. The van der Waals surface area contributed by atoms with E-state index in [1.807, 2.05) is 13.8 Å². The van der Waals surface area contributed by atoms with Crippen molar-refractivity contribution in [2.24, 2.45) is 5.73 Å². The third-order valence-corrected chi connectivity index (χ3v) is 5.82. The zero-order valence-electron chi connectivity index (χ0n) is 14.6. The van der Waals surface area contributed by atoms with Crippen LogP contribution in [0.15, 0.2) is 11.6 Å². The molecule has 0 saturated carbocycles. The Balaban J connectivity index is 2.48. The summed E-state index contributed by atoms with van der Waals surface area (Å²) in [5.41, 5.74) is 5.26. The summed E-state index contributed by atoms with van der Waals surface area (Å²) >= 11 is 1.10. The SMILES string of the molecule is CCC(CC)O[C@@H]1CC(C(=O)O)=C[C@@]2(SC(N)NC2=O)[C@H]1NC(C)=O. The molecule has 1 fully saturated rings. The highest BCUT2D eigenvalue weighted by Gasteiger charge is 2.57. The third-order valence-electron chi connectivity index (χ3n) is 4.51. The minimum absolute atomic E-state index is 0.0883. The molecule has 2 aliphatic rings. The zero-order valence-corrected chi connectivity index (χ0v) is 15.4. The number of thioether (sulfide) groups is 1. The molecule has 1 aliphatic carbocycles. The highest BCUT2D eigenvalue weighted by Crippen LogP contribution is 2.44. The first kappa shape index (κ1) is 19.7. The van der Waals surface area contributed by atoms with Crippen LogP contribution < -0.4 is 16.4 Å². The summed E-state index contributed by atoms with van der Waals surface area (Å²) in [5, 5.41) is 14.9. The molecule has 1 spiro atoms. The van der Waals surface area contributed by atoms with Gasteiger partial charge in [0, 0.05) is 18.9 Å². The van der Waals surface area contributed by atoms with Gasteiger partial charge in [-0.1, -0.05) is 25.6 Å². The maximum absolute atomic E-state index is 12.6. The fourth-order valence-electron chi connectivity index (χ4n) is 3.29. The van der Waals surface area contributed by atoms with Crippen molar-refractivity contribution in [3.8, 4) is 0 Å². The van der Waals surface area contributed by atoms with Gasteiger partial charge >= 0.3 is 5.97 Å². The molecular weight excluding hydrogens is 346 g/mol. The van der Waals surface area contributed by atoms with Gasteiger partial charge in [-0.05, 0) is 18.9 Å². The molecular formula is C16H25N3O5S. The molecule has 0 aromatic rings. The number of carbonyl (C=O) groups is 3. The van der Waals surface area contributed by atoms with Gasteiger partial charge in [0.25, 0.3) is 0 Å². The molecule has 25 heavy (non-hydrogen) atoms. The van der Waals surface area contributed by atoms with Gasteiger partial charge in [-0.25, -0.2) is 4.79 Å². The Morgan fingerprint density at radius 1 is 1.52 bits per heavy atom. The standard InChI is InChI=1S/C16H25N3O5S/c1-4-10(5-2)24-11-6-9(13(21)22)7-16(12(11)18-8(3)20)14(23)19-15(17)25-16/h7,10-12,15H,4-6,17H2,1-3H3,(H,18,20)(H,19,23)(H,21,22)/t11-,12+,15?,16-/m1/s1. The van der Waals surface area contributed by atoms with Crippen molar-refractivity contribution in [2.75, 3.05) is 0 Å². The number of carboxylic acid groups (broad SMARTS) is 1. The number of aliphatic carboxylic acids is 1. The van der Waals surface area contributed by atoms with E-state index >= 15 is 0 Å².